The van der Waals surface area contributed by atoms with Gasteiger partial charge in [0.25, 0.3) is 0 Å². The van der Waals surface area contributed by atoms with E-state index in [-0.39, 0.29) is 0 Å². The van der Waals surface area contributed by atoms with Crippen LogP contribution in [0.4, 0.5) is 11.6 Å². The molecule has 1 heterocycles. The van der Waals surface area contributed by atoms with Gasteiger partial charge in [0, 0.05) is 18.1 Å². The number of benzene rings is 1. The Hall–Kier alpha value is -1.82. The summed E-state index contributed by atoms with van der Waals surface area (Å²) in [6, 6.07) is 8.03. The summed E-state index contributed by atoms with van der Waals surface area (Å²) in [4.78, 5) is 8.31. The van der Waals surface area contributed by atoms with E-state index in [0.717, 1.165) is 10.0 Å². The first kappa shape index (κ1) is 13.6. The van der Waals surface area contributed by atoms with Crippen molar-refractivity contribution < 1.29 is 4.74 Å². The summed E-state index contributed by atoms with van der Waals surface area (Å²) in [6.07, 6.45) is 1.50. The van der Waals surface area contributed by atoms with E-state index >= 15 is 0 Å². The first-order chi connectivity index (χ1) is 9.26. The molecule has 1 aromatic carbocycles. The van der Waals surface area contributed by atoms with E-state index in [9.17, 15) is 0 Å². The third-order valence-electron chi connectivity index (χ3n) is 2.65. The van der Waals surface area contributed by atoms with Crippen LogP contribution in [0.5, 0.6) is 5.75 Å². The first-order valence-corrected chi connectivity index (χ1v) is 6.59. The highest BCUT2D eigenvalue weighted by Crippen LogP contribution is 2.29. The van der Waals surface area contributed by atoms with E-state index in [1.54, 1.807) is 14.2 Å². The molecule has 0 amide bonds. The van der Waals surface area contributed by atoms with Crippen LogP contribution < -0.4 is 15.4 Å². The number of nitrogens with one attached hydrogen (secondary N) is 2. The minimum absolute atomic E-state index is 0.608. The van der Waals surface area contributed by atoms with Crippen molar-refractivity contribution in [2.75, 3.05) is 24.8 Å². The van der Waals surface area contributed by atoms with Gasteiger partial charge in [-0.1, -0.05) is 34.1 Å². The van der Waals surface area contributed by atoms with E-state index in [1.165, 1.54) is 6.33 Å². The molecule has 2 N–H and O–H groups in total. The second-order valence-electron chi connectivity index (χ2n) is 3.80. The van der Waals surface area contributed by atoms with E-state index in [2.05, 4.69) is 36.5 Å². The van der Waals surface area contributed by atoms with Crippen LogP contribution in [0.3, 0.4) is 0 Å². The standard InChI is InChI=1S/C13H15BrN4O/c1-15-12-11(19-2)13(18-8-17-12)16-7-9-5-3-4-6-10(9)14/h3-6,8H,7H2,1-2H3,(H2,15,16,17,18). The van der Waals surface area contributed by atoms with Crippen molar-refractivity contribution in [1.29, 1.82) is 0 Å². The smallest absolute Gasteiger partial charge is 0.204 e. The summed E-state index contributed by atoms with van der Waals surface area (Å²) in [5.41, 5.74) is 1.15. The summed E-state index contributed by atoms with van der Waals surface area (Å²) in [7, 11) is 3.39. The fourth-order valence-electron chi connectivity index (χ4n) is 1.69. The summed E-state index contributed by atoms with van der Waals surface area (Å²) in [5, 5.41) is 6.22. The van der Waals surface area contributed by atoms with Crippen LogP contribution in [0.1, 0.15) is 5.56 Å². The number of aromatic nitrogens is 2. The lowest BCUT2D eigenvalue weighted by Gasteiger charge is -2.13. The normalized spacial score (nSPS) is 10.1. The lowest BCUT2D eigenvalue weighted by Crippen LogP contribution is -2.06. The number of methoxy groups -OCH3 is 1. The number of ether oxygens (including phenoxy) is 1. The lowest BCUT2D eigenvalue weighted by atomic mass is 10.2. The van der Waals surface area contributed by atoms with Gasteiger partial charge in [0.05, 0.1) is 7.11 Å². The molecule has 0 spiro atoms. The van der Waals surface area contributed by atoms with Gasteiger partial charge in [0.2, 0.25) is 5.75 Å². The predicted octanol–water partition coefficient (Wildman–Crippen LogP) is 2.90. The maximum Gasteiger partial charge on any atom is 0.204 e. The Morgan fingerprint density at radius 3 is 2.63 bits per heavy atom. The van der Waals surface area contributed by atoms with E-state index in [1.807, 2.05) is 24.3 Å². The van der Waals surface area contributed by atoms with Gasteiger partial charge >= 0.3 is 0 Å². The average molecular weight is 323 g/mol. The monoisotopic (exact) mass is 322 g/mol. The molecule has 0 radical (unpaired) electrons. The molecule has 0 unspecified atom stereocenters. The second kappa shape index (κ2) is 6.38. The molecule has 0 atom stereocenters. The zero-order chi connectivity index (χ0) is 13.7. The van der Waals surface area contributed by atoms with Crippen LogP contribution in [0.2, 0.25) is 0 Å². The number of halogens is 1. The third kappa shape index (κ3) is 3.14. The summed E-state index contributed by atoms with van der Waals surface area (Å²) >= 11 is 3.52. The van der Waals surface area contributed by atoms with Crippen LogP contribution in [0.25, 0.3) is 0 Å². The number of hydrogen-bond donors (Lipinski definition) is 2. The van der Waals surface area contributed by atoms with Crippen molar-refractivity contribution in [3.8, 4) is 5.75 Å². The summed E-state index contributed by atoms with van der Waals surface area (Å²) in [6.45, 7) is 0.651. The minimum Gasteiger partial charge on any atom is -0.490 e. The molecule has 100 valence electrons. The molecule has 1 aromatic heterocycles. The van der Waals surface area contributed by atoms with Crippen molar-refractivity contribution in [2.45, 2.75) is 6.54 Å². The zero-order valence-electron chi connectivity index (χ0n) is 10.8. The Morgan fingerprint density at radius 2 is 1.95 bits per heavy atom. The molecule has 2 aromatic rings. The summed E-state index contributed by atoms with van der Waals surface area (Å²) < 4.78 is 6.38. The van der Waals surface area contributed by atoms with Gasteiger partial charge in [-0.3, -0.25) is 0 Å². The highest BCUT2D eigenvalue weighted by atomic mass is 79.9. The second-order valence-corrected chi connectivity index (χ2v) is 4.65. The maximum absolute atomic E-state index is 5.32. The van der Waals surface area contributed by atoms with Crippen molar-refractivity contribution in [1.82, 2.24) is 9.97 Å². The Kier molecular flexibility index (Phi) is 4.57. The molecule has 6 heteroatoms. The molecule has 5 nitrogen and oxygen atoms in total. The van der Waals surface area contributed by atoms with Crippen LogP contribution in [0.15, 0.2) is 35.1 Å². The maximum atomic E-state index is 5.32. The fourth-order valence-corrected chi connectivity index (χ4v) is 2.12. The molecule has 19 heavy (non-hydrogen) atoms. The van der Waals surface area contributed by atoms with Crippen LogP contribution >= 0.6 is 15.9 Å². The Bertz CT molecular complexity index is 562. The highest BCUT2D eigenvalue weighted by Gasteiger charge is 2.10. The Balaban J connectivity index is 2.18. The van der Waals surface area contributed by atoms with Crippen LogP contribution in [-0.4, -0.2) is 24.1 Å². The van der Waals surface area contributed by atoms with Crippen molar-refractivity contribution >= 4 is 27.6 Å². The number of anilines is 2. The van der Waals surface area contributed by atoms with Gasteiger partial charge in [-0.05, 0) is 11.6 Å². The summed E-state index contributed by atoms with van der Waals surface area (Å²) in [5.74, 6) is 1.93. The van der Waals surface area contributed by atoms with Gasteiger partial charge in [-0.25, -0.2) is 9.97 Å². The fraction of sp³-hybridized carbons (Fsp3) is 0.231. The largest absolute Gasteiger partial charge is 0.490 e. The van der Waals surface area contributed by atoms with Crippen molar-refractivity contribution in [3.05, 3.63) is 40.6 Å². The van der Waals surface area contributed by atoms with Gasteiger partial charge in [0.1, 0.15) is 6.33 Å². The predicted molar refractivity (Wildman–Crippen MR) is 79.6 cm³/mol. The zero-order valence-corrected chi connectivity index (χ0v) is 12.4. The molecule has 0 saturated heterocycles. The quantitative estimate of drug-likeness (QED) is 0.886. The van der Waals surface area contributed by atoms with Gasteiger partial charge in [-0.2, -0.15) is 0 Å². The van der Waals surface area contributed by atoms with E-state index in [4.69, 9.17) is 4.74 Å². The Labute approximate surface area is 120 Å². The van der Waals surface area contributed by atoms with Crippen LogP contribution in [-0.2, 0) is 6.54 Å². The first-order valence-electron chi connectivity index (χ1n) is 5.80. The average Bonchev–Trinajstić information content (AvgIpc) is 2.45. The van der Waals surface area contributed by atoms with Gasteiger partial charge < -0.3 is 15.4 Å². The molecule has 0 fully saturated rings. The topological polar surface area (TPSA) is 59.1 Å². The van der Waals surface area contributed by atoms with Crippen molar-refractivity contribution in [2.24, 2.45) is 0 Å². The van der Waals surface area contributed by atoms with Gasteiger partial charge in [-0.15, -0.1) is 0 Å². The SMILES string of the molecule is CNc1ncnc(NCc2ccccc2Br)c1OC. The third-order valence-corrected chi connectivity index (χ3v) is 3.42. The Morgan fingerprint density at radius 1 is 1.21 bits per heavy atom. The molecular formula is C13H15BrN4O. The van der Waals surface area contributed by atoms with Crippen LogP contribution in [0, 0.1) is 0 Å². The van der Waals surface area contributed by atoms with E-state index in [0.29, 0.717) is 23.9 Å². The molecule has 0 bridgehead atoms. The lowest BCUT2D eigenvalue weighted by molar-refractivity contribution is 0.415. The molecular weight excluding hydrogens is 308 g/mol. The number of rotatable bonds is 5. The molecule has 2 rings (SSSR count). The molecule has 0 saturated carbocycles. The number of nitrogens with zero attached hydrogens (tertiary/aromatic N) is 2. The molecule has 0 aliphatic heterocycles. The minimum atomic E-state index is 0.608. The van der Waals surface area contributed by atoms with Crippen molar-refractivity contribution in [3.63, 3.8) is 0 Å². The highest BCUT2D eigenvalue weighted by molar-refractivity contribution is 9.10. The number of hydrogen-bond acceptors (Lipinski definition) is 5. The van der Waals surface area contributed by atoms with E-state index < -0.39 is 0 Å². The molecule has 0 aliphatic carbocycles. The van der Waals surface area contributed by atoms with Gasteiger partial charge in [0.15, 0.2) is 11.6 Å². The molecule has 0 aliphatic rings.